The van der Waals surface area contributed by atoms with Crippen LogP contribution in [0.25, 0.3) is 22.5 Å². The van der Waals surface area contributed by atoms with E-state index in [1.165, 1.54) is 22.8 Å². The summed E-state index contributed by atoms with van der Waals surface area (Å²) < 4.78 is 151. The first-order valence-corrected chi connectivity index (χ1v) is 11.6. The fraction of sp³-hybridized carbons (Fsp3) is 0.400. The number of aromatic nitrogens is 3. The summed E-state index contributed by atoms with van der Waals surface area (Å²) in [7, 11) is 0. The van der Waals surface area contributed by atoms with E-state index in [0.717, 1.165) is 9.96 Å². The average molecular weight is 586 g/mol. The molecule has 0 spiro atoms. The van der Waals surface area contributed by atoms with E-state index in [1.54, 1.807) is 39.0 Å². The van der Waals surface area contributed by atoms with Crippen molar-refractivity contribution in [3.05, 3.63) is 64.5 Å². The Labute approximate surface area is 219 Å². The van der Waals surface area contributed by atoms with Gasteiger partial charge in [-0.05, 0) is 44.0 Å². The van der Waals surface area contributed by atoms with Gasteiger partial charge in [0.05, 0.1) is 35.5 Å². The number of hydrogen-bond acceptors (Lipinski definition) is 2. The van der Waals surface area contributed by atoms with Crippen molar-refractivity contribution < 1.29 is 48.3 Å². The smallest absolute Gasteiger partial charge is 0.283 e. The van der Waals surface area contributed by atoms with Crippen LogP contribution in [0.1, 0.15) is 28.1 Å². The first-order valence-electron chi connectivity index (χ1n) is 11.6. The minimum Gasteiger partial charge on any atom is -0.283 e. The molecular weight excluding hydrogens is 565 g/mol. The third-order valence-electron chi connectivity index (χ3n) is 6.26. The standard InChI is InChI=1S/C25H21F11N4/c1-13-8-14(2)19(15(3)9-13)40-17-7-5-4-6-16(17)39-18(20(24(31,32)33)37-21(39)40)10-38(12-23(28,29)30)11-22(26,27)25(34,35)36/h4-9H,10-12H2,1-3H3. The van der Waals surface area contributed by atoms with E-state index in [0.29, 0.717) is 16.8 Å². The van der Waals surface area contributed by atoms with Crippen LogP contribution < -0.4 is 0 Å². The Bertz CT molecular complexity index is 1530. The molecule has 2 aromatic carbocycles. The number of aryl methyl sites for hydroxylation is 3. The van der Waals surface area contributed by atoms with E-state index in [-0.39, 0.29) is 11.0 Å². The second-order valence-corrected chi connectivity index (χ2v) is 9.57. The first kappa shape index (κ1) is 29.6. The number of halogens is 11. The van der Waals surface area contributed by atoms with Gasteiger partial charge >= 0.3 is 24.5 Å². The molecule has 0 N–H and O–H groups in total. The van der Waals surface area contributed by atoms with E-state index in [1.807, 2.05) is 0 Å². The number of imidazole rings is 2. The molecule has 0 fully saturated rings. The number of para-hydroxylation sites is 2. The van der Waals surface area contributed by atoms with Gasteiger partial charge in [-0.1, -0.05) is 29.8 Å². The largest absolute Gasteiger partial charge is 0.454 e. The molecular formula is C25H21F11N4. The first-order chi connectivity index (χ1) is 18.2. The highest BCUT2D eigenvalue weighted by atomic mass is 19.4. The Balaban J connectivity index is 2.03. The van der Waals surface area contributed by atoms with Gasteiger partial charge in [-0.3, -0.25) is 13.9 Å². The van der Waals surface area contributed by atoms with Crippen molar-refractivity contribution in [3.8, 4) is 5.69 Å². The molecule has 0 aliphatic rings. The molecule has 0 saturated carbocycles. The van der Waals surface area contributed by atoms with Gasteiger partial charge in [-0.15, -0.1) is 0 Å². The normalized spacial score (nSPS) is 13.8. The van der Waals surface area contributed by atoms with E-state index in [2.05, 4.69) is 4.98 Å². The Morgan fingerprint density at radius 2 is 1.32 bits per heavy atom. The van der Waals surface area contributed by atoms with Crippen LogP contribution in [0.3, 0.4) is 0 Å². The summed E-state index contributed by atoms with van der Waals surface area (Å²) in [4.78, 5) is 3.28. The highest BCUT2D eigenvalue weighted by Gasteiger charge is 2.58. The zero-order valence-electron chi connectivity index (χ0n) is 21.0. The molecule has 0 saturated heterocycles. The second kappa shape index (κ2) is 9.63. The summed E-state index contributed by atoms with van der Waals surface area (Å²) >= 11 is 0. The summed E-state index contributed by atoms with van der Waals surface area (Å²) in [6.45, 7) is -1.21. The van der Waals surface area contributed by atoms with E-state index in [4.69, 9.17) is 0 Å². The number of nitrogens with zero attached hydrogens (tertiary/aromatic N) is 4. The molecule has 0 aliphatic carbocycles. The van der Waals surface area contributed by atoms with Gasteiger partial charge in [0.25, 0.3) is 0 Å². The average Bonchev–Trinajstić information content (AvgIpc) is 3.27. The Morgan fingerprint density at radius 3 is 1.82 bits per heavy atom. The number of hydrogen-bond donors (Lipinski definition) is 0. The highest BCUT2D eigenvalue weighted by Crippen LogP contribution is 2.40. The lowest BCUT2D eigenvalue weighted by molar-refractivity contribution is -0.290. The quantitative estimate of drug-likeness (QED) is 0.216. The highest BCUT2D eigenvalue weighted by molar-refractivity contribution is 5.85. The van der Waals surface area contributed by atoms with Gasteiger partial charge in [-0.2, -0.15) is 48.3 Å². The predicted octanol–water partition coefficient (Wildman–Crippen LogP) is 7.78. The third-order valence-corrected chi connectivity index (χ3v) is 6.26. The van der Waals surface area contributed by atoms with E-state index < -0.39 is 66.2 Å². The molecule has 15 heteroatoms. The lowest BCUT2D eigenvalue weighted by atomic mass is 10.0. The number of fused-ring (bicyclic) bond motifs is 3. The number of alkyl halides is 11. The zero-order valence-corrected chi connectivity index (χ0v) is 21.0. The van der Waals surface area contributed by atoms with Crippen molar-refractivity contribution in [2.75, 3.05) is 13.1 Å². The maximum Gasteiger partial charge on any atom is 0.454 e. The molecule has 0 unspecified atom stereocenters. The monoisotopic (exact) mass is 586 g/mol. The predicted molar refractivity (Wildman–Crippen MR) is 124 cm³/mol. The summed E-state index contributed by atoms with van der Waals surface area (Å²) in [6.07, 6.45) is -16.8. The summed E-state index contributed by atoms with van der Waals surface area (Å²) in [6, 6.07) is 9.37. The van der Waals surface area contributed by atoms with Crippen molar-refractivity contribution in [1.29, 1.82) is 0 Å². The topological polar surface area (TPSA) is 25.5 Å². The number of benzene rings is 2. The molecule has 2 aromatic heterocycles. The zero-order chi connectivity index (χ0) is 30.0. The van der Waals surface area contributed by atoms with Gasteiger partial charge in [0, 0.05) is 6.54 Å². The van der Waals surface area contributed by atoms with Crippen LogP contribution in [0.2, 0.25) is 0 Å². The van der Waals surface area contributed by atoms with Crippen LogP contribution >= 0.6 is 0 Å². The van der Waals surface area contributed by atoms with E-state index in [9.17, 15) is 48.3 Å². The van der Waals surface area contributed by atoms with Crippen LogP contribution in [0.15, 0.2) is 36.4 Å². The van der Waals surface area contributed by atoms with Crippen LogP contribution in [0.5, 0.6) is 0 Å². The van der Waals surface area contributed by atoms with Crippen molar-refractivity contribution in [2.24, 2.45) is 0 Å². The van der Waals surface area contributed by atoms with Crippen LogP contribution in [0, 0.1) is 20.8 Å². The molecule has 40 heavy (non-hydrogen) atoms. The van der Waals surface area contributed by atoms with Gasteiger partial charge in [0.1, 0.15) is 0 Å². The Kier molecular flexibility index (Phi) is 7.13. The fourth-order valence-electron chi connectivity index (χ4n) is 4.92. The molecule has 0 atom stereocenters. The molecule has 218 valence electrons. The second-order valence-electron chi connectivity index (χ2n) is 9.57. The minimum absolute atomic E-state index is 0.0319. The maximum atomic E-state index is 14.2. The van der Waals surface area contributed by atoms with Gasteiger partial charge in [0.2, 0.25) is 5.78 Å². The van der Waals surface area contributed by atoms with Crippen LogP contribution in [0.4, 0.5) is 48.3 Å². The molecule has 4 nitrogen and oxygen atoms in total. The summed E-state index contributed by atoms with van der Waals surface area (Å²) in [5.74, 6) is -6.03. The van der Waals surface area contributed by atoms with Gasteiger partial charge in [-0.25, -0.2) is 4.98 Å². The molecule has 0 amide bonds. The molecule has 0 radical (unpaired) electrons. The summed E-state index contributed by atoms with van der Waals surface area (Å²) in [5.41, 5.74) is 0.138. The molecule has 4 aromatic rings. The SMILES string of the molecule is Cc1cc(C)c(-n2c3ccccc3n3c(CN(CC(F)(F)F)CC(F)(F)C(F)(F)F)c(C(F)(F)F)nc23)c(C)c1. The molecule has 0 bridgehead atoms. The lowest BCUT2D eigenvalue weighted by Crippen LogP contribution is -2.49. The van der Waals surface area contributed by atoms with Crippen molar-refractivity contribution >= 4 is 16.8 Å². The van der Waals surface area contributed by atoms with Crippen molar-refractivity contribution in [1.82, 2.24) is 18.9 Å². The van der Waals surface area contributed by atoms with Gasteiger partial charge in [0.15, 0.2) is 5.69 Å². The fourth-order valence-corrected chi connectivity index (χ4v) is 4.92. The minimum atomic E-state index is -6.23. The van der Waals surface area contributed by atoms with Crippen molar-refractivity contribution in [3.63, 3.8) is 0 Å². The summed E-state index contributed by atoms with van der Waals surface area (Å²) in [5, 5.41) is 0. The maximum absolute atomic E-state index is 14.2. The Hall–Kier alpha value is -3.36. The Morgan fingerprint density at radius 1 is 0.775 bits per heavy atom. The molecule has 2 heterocycles. The van der Waals surface area contributed by atoms with Crippen LogP contribution in [-0.4, -0.2) is 50.2 Å². The van der Waals surface area contributed by atoms with Gasteiger partial charge < -0.3 is 0 Å². The van der Waals surface area contributed by atoms with Crippen molar-refractivity contribution in [2.45, 2.75) is 51.8 Å². The number of rotatable bonds is 6. The molecule has 4 rings (SSSR count). The van der Waals surface area contributed by atoms with E-state index >= 15 is 0 Å². The van der Waals surface area contributed by atoms with Crippen LogP contribution in [-0.2, 0) is 12.7 Å². The molecule has 0 aliphatic heterocycles. The third kappa shape index (κ3) is 5.47. The lowest BCUT2D eigenvalue weighted by Gasteiger charge is -2.29.